The normalized spacial score (nSPS) is 21.6. The number of anilines is 2. The molecular formula is C17H25N3O. The molecule has 4 nitrogen and oxygen atoms in total. The van der Waals surface area contributed by atoms with Crippen molar-refractivity contribution in [2.45, 2.75) is 38.5 Å². The van der Waals surface area contributed by atoms with E-state index in [0.29, 0.717) is 11.6 Å². The van der Waals surface area contributed by atoms with Gasteiger partial charge in [-0.3, -0.25) is 0 Å². The third-order valence-electron chi connectivity index (χ3n) is 5.02. The largest absolute Gasteiger partial charge is 0.476 e. The number of rotatable bonds is 8. The molecule has 4 heteroatoms. The molecule has 3 aliphatic carbocycles. The third kappa shape index (κ3) is 3.42. The van der Waals surface area contributed by atoms with E-state index >= 15 is 0 Å². The number of aromatic nitrogens is 1. The molecule has 0 bridgehead atoms. The minimum absolute atomic E-state index is 0.598. The molecule has 1 aromatic rings. The lowest BCUT2D eigenvalue weighted by atomic mass is 9.98. The highest BCUT2D eigenvalue weighted by atomic mass is 16.5. The van der Waals surface area contributed by atoms with Gasteiger partial charge in [-0.15, -0.1) is 0 Å². The molecule has 4 rings (SSSR count). The Balaban J connectivity index is 1.35. The monoisotopic (exact) mass is 287 g/mol. The van der Waals surface area contributed by atoms with Crippen LogP contribution in [0, 0.1) is 23.7 Å². The van der Waals surface area contributed by atoms with Crippen LogP contribution in [0.15, 0.2) is 12.1 Å². The topological polar surface area (TPSA) is 60.2 Å². The van der Waals surface area contributed by atoms with Crippen molar-refractivity contribution >= 4 is 11.5 Å². The molecule has 1 heterocycles. The number of hydrogen-bond acceptors (Lipinski definition) is 4. The Morgan fingerprint density at radius 2 is 1.86 bits per heavy atom. The van der Waals surface area contributed by atoms with Crippen LogP contribution >= 0.6 is 0 Å². The highest BCUT2D eigenvalue weighted by Gasteiger charge is 2.41. The second kappa shape index (κ2) is 5.39. The van der Waals surface area contributed by atoms with Crippen LogP contribution in [0.1, 0.15) is 38.5 Å². The predicted octanol–water partition coefficient (Wildman–Crippen LogP) is 3.30. The van der Waals surface area contributed by atoms with Gasteiger partial charge < -0.3 is 15.8 Å². The molecule has 0 amide bonds. The van der Waals surface area contributed by atoms with Crippen LogP contribution in [0.4, 0.5) is 11.5 Å². The molecule has 3 N–H and O–H groups in total. The summed E-state index contributed by atoms with van der Waals surface area (Å²) in [5.41, 5.74) is 6.59. The summed E-state index contributed by atoms with van der Waals surface area (Å²) in [5.74, 6) is 4.99. The quantitative estimate of drug-likeness (QED) is 0.770. The van der Waals surface area contributed by atoms with Crippen molar-refractivity contribution < 1.29 is 4.74 Å². The smallest absolute Gasteiger partial charge is 0.239 e. The third-order valence-corrected chi connectivity index (χ3v) is 5.02. The zero-order valence-corrected chi connectivity index (χ0v) is 12.6. The average molecular weight is 287 g/mol. The van der Waals surface area contributed by atoms with Crippen molar-refractivity contribution in [3.05, 3.63) is 12.1 Å². The van der Waals surface area contributed by atoms with Gasteiger partial charge in [0.05, 0.1) is 12.3 Å². The van der Waals surface area contributed by atoms with E-state index < -0.39 is 0 Å². The minimum atomic E-state index is 0.598. The van der Waals surface area contributed by atoms with E-state index in [4.69, 9.17) is 10.5 Å². The Morgan fingerprint density at radius 3 is 2.48 bits per heavy atom. The van der Waals surface area contributed by atoms with Gasteiger partial charge in [-0.1, -0.05) is 0 Å². The fraction of sp³-hybridized carbons (Fsp3) is 0.706. The summed E-state index contributed by atoms with van der Waals surface area (Å²) in [6.45, 7) is 1.81. The fourth-order valence-electron chi connectivity index (χ4n) is 3.14. The first kappa shape index (κ1) is 13.2. The number of hydrogen-bond donors (Lipinski definition) is 2. The van der Waals surface area contributed by atoms with Gasteiger partial charge in [0.25, 0.3) is 0 Å². The molecule has 3 aliphatic rings. The van der Waals surface area contributed by atoms with Crippen LogP contribution < -0.4 is 15.8 Å². The van der Waals surface area contributed by atoms with Crippen molar-refractivity contribution in [2.75, 3.05) is 24.2 Å². The summed E-state index contributed by atoms with van der Waals surface area (Å²) in [4.78, 5) is 4.55. The summed E-state index contributed by atoms with van der Waals surface area (Å²) >= 11 is 0. The number of nitrogens with two attached hydrogens (primary N) is 1. The van der Waals surface area contributed by atoms with Crippen molar-refractivity contribution in [1.82, 2.24) is 4.98 Å². The summed E-state index contributed by atoms with van der Waals surface area (Å²) in [6, 6.07) is 3.87. The maximum absolute atomic E-state index is 5.95. The first-order valence-corrected chi connectivity index (χ1v) is 8.43. The maximum atomic E-state index is 5.95. The van der Waals surface area contributed by atoms with Crippen LogP contribution in [-0.4, -0.2) is 18.1 Å². The van der Waals surface area contributed by atoms with Crippen LogP contribution in [0.25, 0.3) is 0 Å². The van der Waals surface area contributed by atoms with Gasteiger partial charge in [0, 0.05) is 6.54 Å². The SMILES string of the molecule is Nc1ccc(NCC(C2CC2)C2CC2)nc1OCC1CC1. The van der Waals surface area contributed by atoms with E-state index in [0.717, 1.165) is 42.6 Å². The molecule has 0 aliphatic heterocycles. The van der Waals surface area contributed by atoms with Crippen LogP contribution in [0.2, 0.25) is 0 Å². The zero-order chi connectivity index (χ0) is 14.2. The first-order valence-electron chi connectivity index (χ1n) is 8.43. The number of nitrogens with one attached hydrogen (secondary N) is 1. The lowest BCUT2D eigenvalue weighted by molar-refractivity contribution is 0.290. The van der Waals surface area contributed by atoms with Gasteiger partial charge in [-0.25, -0.2) is 0 Å². The van der Waals surface area contributed by atoms with Crippen LogP contribution in [0.3, 0.4) is 0 Å². The van der Waals surface area contributed by atoms with Gasteiger partial charge >= 0.3 is 0 Å². The molecule has 0 atom stereocenters. The van der Waals surface area contributed by atoms with Gasteiger partial charge in [0.1, 0.15) is 5.82 Å². The molecule has 0 radical (unpaired) electrons. The number of nitrogens with zero attached hydrogens (tertiary/aromatic N) is 1. The summed E-state index contributed by atoms with van der Waals surface area (Å²) in [7, 11) is 0. The molecule has 0 aromatic carbocycles. The zero-order valence-electron chi connectivity index (χ0n) is 12.6. The van der Waals surface area contributed by atoms with E-state index in [1.54, 1.807) is 0 Å². The minimum Gasteiger partial charge on any atom is -0.476 e. The summed E-state index contributed by atoms with van der Waals surface area (Å²) in [5, 5.41) is 3.51. The predicted molar refractivity (Wildman–Crippen MR) is 84.3 cm³/mol. The Kier molecular flexibility index (Phi) is 3.40. The molecule has 114 valence electrons. The molecule has 3 saturated carbocycles. The van der Waals surface area contributed by atoms with E-state index in [1.807, 2.05) is 12.1 Å². The van der Waals surface area contributed by atoms with E-state index in [9.17, 15) is 0 Å². The summed E-state index contributed by atoms with van der Waals surface area (Å²) < 4.78 is 5.75. The average Bonchev–Trinajstić information content (AvgIpc) is 3.35. The van der Waals surface area contributed by atoms with Gasteiger partial charge in [0.2, 0.25) is 5.88 Å². The van der Waals surface area contributed by atoms with Gasteiger partial charge in [0.15, 0.2) is 0 Å². The molecule has 0 saturated heterocycles. The van der Waals surface area contributed by atoms with E-state index in [1.165, 1.54) is 38.5 Å². The van der Waals surface area contributed by atoms with E-state index in [2.05, 4.69) is 10.3 Å². The summed E-state index contributed by atoms with van der Waals surface area (Å²) in [6.07, 6.45) is 8.26. The molecule has 0 unspecified atom stereocenters. The Labute approximate surface area is 126 Å². The Morgan fingerprint density at radius 1 is 1.14 bits per heavy atom. The Hall–Kier alpha value is -1.45. The lowest BCUT2D eigenvalue weighted by Gasteiger charge is -2.17. The molecule has 3 fully saturated rings. The fourth-order valence-corrected chi connectivity index (χ4v) is 3.14. The standard InChI is InChI=1S/C17H25N3O/c18-15-7-8-16(20-17(15)21-10-11-1-2-11)19-9-14(12-3-4-12)13-5-6-13/h7-8,11-14H,1-6,9-10,18H2,(H,19,20). The van der Waals surface area contributed by atoms with Gasteiger partial charge in [-0.05, 0) is 74.3 Å². The lowest BCUT2D eigenvalue weighted by Crippen LogP contribution is -2.19. The maximum Gasteiger partial charge on any atom is 0.239 e. The van der Waals surface area contributed by atoms with Crippen molar-refractivity contribution in [1.29, 1.82) is 0 Å². The van der Waals surface area contributed by atoms with E-state index in [-0.39, 0.29) is 0 Å². The number of ether oxygens (including phenoxy) is 1. The van der Waals surface area contributed by atoms with Crippen molar-refractivity contribution in [3.8, 4) is 5.88 Å². The molecule has 1 aromatic heterocycles. The highest BCUT2D eigenvalue weighted by Crippen LogP contribution is 2.49. The molecular weight excluding hydrogens is 262 g/mol. The Bertz CT molecular complexity index is 495. The van der Waals surface area contributed by atoms with Crippen molar-refractivity contribution in [2.24, 2.45) is 23.7 Å². The van der Waals surface area contributed by atoms with Crippen LogP contribution in [-0.2, 0) is 0 Å². The highest BCUT2D eigenvalue weighted by molar-refractivity contribution is 5.53. The second-order valence-corrected chi connectivity index (χ2v) is 7.06. The number of pyridine rings is 1. The second-order valence-electron chi connectivity index (χ2n) is 7.06. The first-order chi connectivity index (χ1) is 10.3. The van der Waals surface area contributed by atoms with Crippen LogP contribution in [0.5, 0.6) is 5.88 Å². The van der Waals surface area contributed by atoms with Gasteiger partial charge in [-0.2, -0.15) is 4.98 Å². The molecule has 0 spiro atoms. The number of nitrogen functional groups attached to an aromatic ring is 1. The van der Waals surface area contributed by atoms with Crippen molar-refractivity contribution in [3.63, 3.8) is 0 Å². The molecule has 21 heavy (non-hydrogen) atoms.